The lowest BCUT2D eigenvalue weighted by Crippen LogP contribution is -2.51. The fourth-order valence-electron chi connectivity index (χ4n) is 2.67. The van der Waals surface area contributed by atoms with E-state index in [1.54, 1.807) is 4.90 Å². The normalized spacial score (nSPS) is 24.8. The Hall–Kier alpha value is -0.820. The second-order valence-electron chi connectivity index (χ2n) is 4.85. The molecule has 1 fully saturated rings. The standard InChI is InChI=1S/C12H20F3NO3/c1-2-4-11(10(17)18)5-3-6-16(11)7-8-19-9-12(13,14)15/h2-9H2,1H3,(H,17,18). The Bertz CT molecular complexity index is 309. The molecule has 1 rings (SSSR count). The van der Waals surface area contributed by atoms with Crippen LogP contribution in [0.2, 0.25) is 0 Å². The lowest BCUT2D eigenvalue weighted by Gasteiger charge is -2.34. The van der Waals surface area contributed by atoms with Gasteiger partial charge < -0.3 is 9.84 Å². The fourth-order valence-corrected chi connectivity index (χ4v) is 2.67. The number of ether oxygens (including phenoxy) is 1. The first-order valence-corrected chi connectivity index (χ1v) is 6.45. The first kappa shape index (κ1) is 16.2. The molecule has 1 unspecified atom stereocenters. The van der Waals surface area contributed by atoms with Crippen LogP contribution in [0.5, 0.6) is 0 Å². The van der Waals surface area contributed by atoms with Crippen LogP contribution >= 0.6 is 0 Å². The zero-order valence-corrected chi connectivity index (χ0v) is 11.0. The van der Waals surface area contributed by atoms with Crippen molar-refractivity contribution in [3.8, 4) is 0 Å². The number of alkyl halides is 3. The summed E-state index contributed by atoms with van der Waals surface area (Å²) in [6.45, 7) is 1.35. The summed E-state index contributed by atoms with van der Waals surface area (Å²) in [6, 6.07) is 0. The summed E-state index contributed by atoms with van der Waals surface area (Å²) in [5, 5.41) is 9.39. The highest BCUT2D eigenvalue weighted by atomic mass is 19.4. The van der Waals surface area contributed by atoms with Gasteiger partial charge in [-0.15, -0.1) is 0 Å². The summed E-state index contributed by atoms with van der Waals surface area (Å²) >= 11 is 0. The quantitative estimate of drug-likeness (QED) is 0.728. The lowest BCUT2D eigenvalue weighted by molar-refractivity contribution is -0.176. The van der Waals surface area contributed by atoms with Crippen molar-refractivity contribution in [2.24, 2.45) is 0 Å². The molecule has 1 atom stereocenters. The van der Waals surface area contributed by atoms with E-state index in [2.05, 4.69) is 4.74 Å². The van der Waals surface area contributed by atoms with E-state index in [0.29, 0.717) is 19.4 Å². The molecule has 0 amide bonds. The van der Waals surface area contributed by atoms with Gasteiger partial charge in [0.15, 0.2) is 0 Å². The van der Waals surface area contributed by atoms with E-state index in [4.69, 9.17) is 0 Å². The van der Waals surface area contributed by atoms with Crippen molar-refractivity contribution in [2.45, 2.75) is 44.3 Å². The van der Waals surface area contributed by atoms with Crippen LogP contribution in [0.15, 0.2) is 0 Å². The fraction of sp³-hybridized carbons (Fsp3) is 0.917. The summed E-state index contributed by atoms with van der Waals surface area (Å²) in [4.78, 5) is 13.2. The minimum Gasteiger partial charge on any atom is -0.480 e. The van der Waals surface area contributed by atoms with Gasteiger partial charge in [-0.3, -0.25) is 9.69 Å². The van der Waals surface area contributed by atoms with Crippen molar-refractivity contribution in [3.63, 3.8) is 0 Å². The van der Waals surface area contributed by atoms with E-state index < -0.39 is 24.3 Å². The van der Waals surface area contributed by atoms with Crippen LogP contribution in [0, 0.1) is 0 Å². The van der Waals surface area contributed by atoms with Crippen LogP contribution in [0.3, 0.4) is 0 Å². The highest BCUT2D eigenvalue weighted by Crippen LogP contribution is 2.33. The molecule has 7 heteroatoms. The van der Waals surface area contributed by atoms with Crippen molar-refractivity contribution < 1.29 is 27.8 Å². The second kappa shape index (κ2) is 6.56. The average Bonchev–Trinajstić information content (AvgIpc) is 2.68. The van der Waals surface area contributed by atoms with E-state index >= 15 is 0 Å². The van der Waals surface area contributed by atoms with Crippen LogP contribution in [0.4, 0.5) is 13.2 Å². The molecule has 0 radical (unpaired) electrons. The summed E-state index contributed by atoms with van der Waals surface area (Å²) < 4.78 is 40.3. The molecule has 1 heterocycles. The average molecular weight is 283 g/mol. The Kier molecular flexibility index (Phi) is 5.61. The number of carboxylic acids is 1. The molecule has 1 N–H and O–H groups in total. The predicted octanol–water partition coefficient (Wildman–Crippen LogP) is 2.28. The molecule has 0 saturated carbocycles. The number of halogens is 3. The van der Waals surface area contributed by atoms with Crippen molar-refractivity contribution in [1.82, 2.24) is 4.90 Å². The van der Waals surface area contributed by atoms with Crippen LogP contribution in [0.25, 0.3) is 0 Å². The predicted molar refractivity (Wildman–Crippen MR) is 63.0 cm³/mol. The Balaban J connectivity index is 2.49. The molecule has 112 valence electrons. The van der Waals surface area contributed by atoms with Gasteiger partial charge in [0.25, 0.3) is 0 Å². The Labute approximate surface area is 110 Å². The molecule has 0 spiro atoms. The number of hydrogen-bond donors (Lipinski definition) is 1. The van der Waals surface area contributed by atoms with Gasteiger partial charge in [0.1, 0.15) is 12.1 Å². The molecule has 0 bridgehead atoms. The van der Waals surface area contributed by atoms with Gasteiger partial charge in [0.2, 0.25) is 0 Å². The molecule has 0 aromatic rings. The summed E-state index contributed by atoms with van der Waals surface area (Å²) in [6.07, 6.45) is -1.78. The van der Waals surface area contributed by atoms with Gasteiger partial charge in [0.05, 0.1) is 6.61 Å². The lowest BCUT2D eigenvalue weighted by atomic mass is 9.91. The van der Waals surface area contributed by atoms with E-state index in [1.165, 1.54) is 0 Å². The Morgan fingerprint density at radius 1 is 1.47 bits per heavy atom. The van der Waals surface area contributed by atoms with Gasteiger partial charge in [-0.2, -0.15) is 13.2 Å². The number of hydrogen-bond acceptors (Lipinski definition) is 3. The van der Waals surface area contributed by atoms with Gasteiger partial charge in [-0.05, 0) is 25.8 Å². The zero-order chi connectivity index (χ0) is 14.5. The molecule has 0 aromatic carbocycles. The molecule has 4 nitrogen and oxygen atoms in total. The van der Waals surface area contributed by atoms with Gasteiger partial charge >= 0.3 is 12.1 Å². The minimum absolute atomic E-state index is 0.0990. The third-order valence-electron chi connectivity index (χ3n) is 3.46. The van der Waals surface area contributed by atoms with Crippen LogP contribution < -0.4 is 0 Å². The van der Waals surface area contributed by atoms with Gasteiger partial charge in [-0.1, -0.05) is 13.3 Å². The first-order chi connectivity index (χ1) is 8.82. The van der Waals surface area contributed by atoms with Crippen molar-refractivity contribution in [2.75, 3.05) is 26.3 Å². The van der Waals surface area contributed by atoms with Crippen molar-refractivity contribution in [1.29, 1.82) is 0 Å². The zero-order valence-electron chi connectivity index (χ0n) is 11.0. The van der Waals surface area contributed by atoms with E-state index in [0.717, 1.165) is 12.8 Å². The number of nitrogens with zero attached hydrogens (tertiary/aromatic N) is 1. The number of aliphatic carboxylic acids is 1. The van der Waals surface area contributed by atoms with Gasteiger partial charge in [0, 0.05) is 6.54 Å². The highest BCUT2D eigenvalue weighted by molar-refractivity contribution is 5.79. The van der Waals surface area contributed by atoms with E-state index in [1.807, 2.05) is 6.92 Å². The Morgan fingerprint density at radius 3 is 2.68 bits per heavy atom. The highest BCUT2D eigenvalue weighted by Gasteiger charge is 2.46. The maximum absolute atomic E-state index is 11.9. The largest absolute Gasteiger partial charge is 0.480 e. The van der Waals surface area contributed by atoms with Crippen LogP contribution in [-0.4, -0.2) is 54.0 Å². The molecule has 0 aromatic heterocycles. The van der Waals surface area contributed by atoms with E-state index in [-0.39, 0.29) is 13.2 Å². The van der Waals surface area contributed by atoms with Crippen LogP contribution in [0.1, 0.15) is 32.6 Å². The monoisotopic (exact) mass is 283 g/mol. The third kappa shape index (κ3) is 4.35. The minimum atomic E-state index is -4.34. The van der Waals surface area contributed by atoms with Crippen molar-refractivity contribution in [3.05, 3.63) is 0 Å². The molecule has 19 heavy (non-hydrogen) atoms. The third-order valence-corrected chi connectivity index (χ3v) is 3.46. The molecule has 1 aliphatic heterocycles. The van der Waals surface area contributed by atoms with Crippen LogP contribution in [-0.2, 0) is 9.53 Å². The van der Waals surface area contributed by atoms with Crippen molar-refractivity contribution >= 4 is 5.97 Å². The molecular weight excluding hydrogens is 263 g/mol. The maximum atomic E-state index is 11.9. The molecule has 0 aliphatic carbocycles. The second-order valence-corrected chi connectivity index (χ2v) is 4.85. The van der Waals surface area contributed by atoms with Gasteiger partial charge in [-0.25, -0.2) is 0 Å². The molecule has 1 saturated heterocycles. The summed E-state index contributed by atoms with van der Waals surface area (Å²) in [7, 11) is 0. The Morgan fingerprint density at radius 2 is 2.16 bits per heavy atom. The maximum Gasteiger partial charge on any atom is 0.411 e. The van der Waals surface area contributed by atoms with E-state index in [9.17, 15) is 23.1 Å². The first-order valence-electron chi connectivity index (χ1n) is 6.45. The molecular formula is C12H20F3NO3. The smallest absolute Gasteiger partial charge is 0.411 e. The number of rotatable bonds is 7. The SMILES string of the molecule is CCCC1(C(=O)O)CCCN1CCOCC(F)(F)F. The summed E-state index contributed by atoms with van der Waals surface area (Å²) in [5.41, 5.74) is -0.920. The topological polar surface area (TPSA) is 49.8 Å². The number of carbonyl (C=O) groups is 1. The number of likely N-dealkylation sites (tertiary alicyclic amines) is 1. The summed E-state index contributed by atoms with van der Waals surface area (Å²) in [5.74, 6) is -0.886. The molecule has 1 aliphatic rings. The number of carboxylic acid groups (broad SMARTS) is 1.